The molecule has 1 aliphatic heterocycles. The van der Waals surface area contributed by atoms with Gasteiger partial charge in [-0.05, 0) is 48.6 Å². The Balaban J connectivity index is 1.80. The highest BCUT2D eigenvalue weighted by molar-refractivity contribution is 5.98. The number of carbonyl (C=O) groups excluding carboxylic acids is 2. The second-order valence-electron chi connectivity index (χ2n) is 9.09. The van der Waals surface area contributed by atoms with Crippen LogP contribution in [0.3, 0.4) is 0 Å². The molecule has 0 saturated carbocycles. The minimum absolute atomic E-state index is 0.0204. The SMILES string of the molecule is CC/C=C\CCN1CC(=O)N(Cc2ccc(C(=O)N(C)C/C=C\CC)cc2)c2c(cccc2OC)C1. The molecule has 2 amide bonds. The van der Waals surface area contributed by atoms with Crippen LogP contribution in [0.25, 0.3) is 0 Å². The quantitative estimate of drug-likeness (QED) is 0.395. The van der Waals surface area contributed by atoms with E-state index in [9.17, 15) is 9.59 Å². The molecule has 1 aliphatic rings. The predicted octanol–water partition coefficient (Wildman–Crippen LogP) is 5.44. The smallest absolute Gasteiger partial charge is 0.253 e. The monoisotopic (exact) mass is 489 g/mol. The molecule has 1 heterocycles. The molecule has 2 aromatic carbocycles. The summed E-state index contributed by atoms with van der Waals surface area (Å²) in [4.78, 5) is 32.0. The maximum absolute atomic E-state index is 13.5. The Morgan fingerprint density at radius 3 is 2.42 bits per heavy atom. The summed E-state index contributed by atoms with van der Waals surface area (Å²) in [5.74, 6) is 0.718. The number of nitrogens with zero attached hydrogens (tertiary/aromatic N) is 3. The summed E-state index contributed by atoms with van der Waals surface area (Å²) in [7, 11) is 3.45. The van der Waals surface area contributed by atoms with Crippen LogP contribution in [0.4, 0.5) is 5.69 Å². The number of anilines is 1. The van der Waals surface area contributed by atoms with E-state index in [1.165, 1.54) is 0 Å². The van der Waals surface area contributed by atoms with Crippen molar-refractivity contribution in [1.82, 2.24) is 9.80 Å². The Kier molecular flexibility index (Phi) is 10.3. The largest absolute Gasteiger partial charge is 0.495 e. The minimum atomic E-state index is -0.0204. The van der Waals surface area contributed by atoms with Gasteiger partial charge in [-0.2, -0.15) is 0 Å². The first kappa shape index (κ1) is 27.2. The summed E-state index contributed by atoms with van der Waals surface area (Å²) in [5.41, 5.74) is 3.51. The van der Waals surface area contributed by atoms with Crippen LogP contribution >= 0.6 is 0 Å². The number of amides is 2. The first-order chi connectivity index (χ1) is 17.5. The number of hydrogen-bond donors (Lipinski definition) is 0. The van der Waals surface area contributed by atoms with E-state index in [-0.39, 0.29) is 11.8 Å². The molecule has 0 aliphatic carbocycles. The molecule has 0 spiro atoms. The van der Waals surface area contributed by atoms with Crippen LogP contribution < -0.4 is 9.64 Å². The van der Waals surface area contributed by atoms with E-state index in [1.54, 1.807) is 19.1 Å². The Morgan fingerprint density at radius 2 is 1.72 bits per heavy atom. The highest BCUT2D eigenvalue weighted by Crippen LogP contribution is 2.36. The fourth-order valence-corrected chi connectivity index (χ4v) is 4.37. The van der Waals surface area contributed by atoms with Crippen molar-refractivity contribution in [3.05, 3.63) is 83.5 Å². The molecule has 2 aromatic rings. The average Bonchev–Trinajstić information content (AvgIpc) is 3.02. The summed E-state index contributed by atoms with van der Waals surface area (Å²) in [6.45, 7) is 7.06. The highest BCUT2D eigenvalue weighted by atomic mass is 16.5. The predicted molar refractivity (Wildman–Crippen MR) is 146 cm³/mol. The van der Waals surface area contributed by atoms with Crippen LogP contribution in [-0.2, 0) is 17.9 Å². The zero-order valence-corrected chi connectivity index (χ0v) is 22.1. The Labute approximate surface area is 215 Å². The van der Waals surface area contributed by atoms with E-state index in [0.29, 0.717) is 37.5 Å². The van der Waals surface area contributed by atoms with Crippen LogP contribution in [0.15, 0.2) is 66.8 Å². The fraction of sp³-hybridized carbons (Fsp3) is 0.400. The maximum Gasteiger partial charge on any atom is 0.253 e. The van der Waals surface area contributed by atoms with Crippen molar-refractivity contribution in [3.63, 3.8) is 0 Å². The first-order valence-corrected chi connectivity index (χ1v) is 12.8. The molecule has 3 rings (SSSR count). The van der Waals surface area contributed by atoms with Crippen molar-refractivity contribution >= 4 is 17.5 Å². The van der Waals surface area contributed by atoms with Crippen LogP contribution in [-0.4, -0.2) is 55.4 Å². The van der Waals surface area contributed by atoms with Gasteiger partial charge in [0.25, 0.3) is 5.91 Å². The number of fused-ring (bicyclic) bond motifs is 1. The van der Waals surface area contributed by atoms with Crippen LogP contribution in [0.1, 0.15) is 54.6 Å². The van der Waals surface area contributed by atoms with Crippen LogP contribution in [0, 0.1) is 0 Å². The molecule has 192 valence electrons. The molecule has 0 saturated heterocycles. The second-order valence-corrected chi connectivity index (χ2v) is 9.09. The van der Waals surface area contributed by atoms with Crippen molar-refractivity contribution in [1.29, 1.82) is 0 Å². The van der Waals surface area contributed by atoms with Gasteiger partial charge < -0.3 is 14.5 Å². The van der Waals surface area contributed by atoms with Crippen molar-refractivity contribution in [2.45, 2.75) is 46.2 Å². The van der Waals surface area contributed by atoms with E-state index < -0.39 is 0 Å². The standard InChI is InChI=1S/C30H39N3O3/c1-5-7-9-11-20-32-22-26-13-12-14-27(36-4)29(26)33(28(34)23-32)21-24-15-17-25(18-16-24)30(35)31(3)19-10-8-6-2/h7-10,12-18H,5-6,11,19-23H2,1-4H3/b9-7-,10-8-. The van der Waals surface area contributed by atoms with Gasteiger partial charge in [-0.15, -0.1) is 0 Å². The Bertz CT molecular complexity index is 1080. The third-order valence-corrected chi connectivity index (χ3v) is 6.31. The van der Waals surface area contributed by atoms with Gasteiger partial charge in [0.15, 0.2) is 0 Å². The summed E-state index contributed by atoms with van der Waals surface area (Å²) < 4.78 is 5.67. The van der Waals surface area contributed by atoms with Gasteiger partial charge in [-0.3, -0.25) is 14.5 Å². The van der Waals surface area contributed by atoms with Crippen molar-refractivity contribution in [2.75, 3.05) is 38.7 Å². The van der Waals surface area contributed by atoms with E-state index in [2.05, 4.69) is 43.0 Å². The van der Waals surface area contributed by atoms with E-state index >= 15 is 0 Å². The average molecular weight is 490 g/mol. The lowest BCUT2D eigenvalue weighted by molar-refractivity contribution is -0.119. The molecular weight excluding hydrogens is 450 g/mol. The van der Waals surface area contributed by atoms with Crippen molar-refractivity contribution in [2.24, 2.45) is 0 Å². The van der Waals surface area contributed by atoms with Crippen molar-refractivity contribution < 1.29 is 14.3 Å². The van der Waals surface area contributed by atoms with Crippen LogP contribution in [0.2, 0.25) is 0 Å². The lowest BCUT2D eigenvalue weighted by Gasteiger charge is -2.25. The van der Waals surface area contributed by atoms with E-state index in [4.69, 9.17) is 4.74 Å². The van der Waals surface area contributed by atoms with Gasteiger partial charge in [0.05, 0.1) is 25.9 Å². The molecule has 0 fully saturated rings. The van der Waals surface area contributed by atoms with E-state index in [1.807, 2.05) is 47.4 Å². The first-order valence-electron chi connectivity index (χ1n) is 12.8. The number of methoxy groups -OCH3 is 1. The van der Waals surface area contributed by atoms with Crippen LogP contribution in [0.5, 0.6) is 5.75 Å². The van der Waals surface area contributed by atoms with Gasteiger partial charge in [-0.25, -0.2) is 0 Å². The molecule has 6 nitrogen and oxygen atoms in total. The number of benzene rings is 2. The maximum atomic E-state index is 13.5. The lowest BCUT2D eigenvalue weighted by atomic mass is 10.1. The summed E-state index contributed by atoms with van der Waals surface area (Å²) in [6.07, 6.45) is 11.3. The molecule has 0 unspecified atom stereocenters. The molecule has 0 atom stereocenters. The number of ether oxygens (including phenoxy) is 1. The number of para-hydroxylation sites is 1. The van der Waals surface area contributed by atoms with E-state index in [0.717, 1.165) is 42.6 Å². The molecule has 0 aromatic heterocycles. The number of carbonyl (C=O) groups is 2. The Hall–Kier alpha value is -3.38. The second kappa shape index (κ2) is 13.6. The number of rotatable bonds is 11. The molecule has 0 N–H and O–H groups in total. The lowest BCUT2D eigenvalue weighted by Crippen LogP contribution is -2.37. The van der Waals surface area contributed by atoms with Gasteiger partial charge in [0, 0.05) is 32.2 Å². The molecule has 36 heavy (non-hydrogen) atoms. The summed E-state index contributed by atoms with van der Waals surface area (Å²) in [6, 6.07) is 13.5. The molecule has 0 bridgehead atoms. The van der Waals surface area contributed by atoms with Gasteiger partial charge >= 0.3 is 0 Å². The zero-order chi connectivity index (χ0) is 25.9. The minimum Gasteiger partial charge on any atom is -0.495 e. The highest BCUT2D eigenvalue weighted by Gasteiger charge is 2.29. The third kappa shape index (κ3) is 7.08. The zero-order valence-electron chi connectivity index (χ0n) is 22.1. The fourth-order valence-electron chi connectivity index (χ4n) is 4.37. The van der Waals surface area contributed by atoms with Gasteiger partial charge in [0.1, 0.15) is 5.75 Å². The summed E-state index contributed by atoms with van der Waals surface area (Å²) in [5, 5.41) is 0. The van der Waals surface area contributed by atoms with Gasteiger partial charge in [-0.1, -0.05) is 62.4 Å². The number of hydrogen-bond acceptors (Lipinski definition) is 4. The number of allylic oxidation sites excluding steroid dienone is 2. The topological polar surface area (TPSA) is 53.1 Å². The molecular formula is C30H39N3O3. The van der Waals surface area contributed by atoms with Crippen molar-refractivity contribution in [3.8, 4) is 5.75 Å². The van der Waals surface area contributed by atoms with Gasteiger partial charge in [0.2, 0.25) is 5.91 Å². The number of likely N-dealkylation sites (N-methyl/N-ethyl adjacent to an activating group) is 1. The third-order valence-electron chi connectivity index (χ3n) is 6.31. The molecule has 0 radical (unpaired) electrons. The summed E-state index contributed by atoms with van der Waals surface area (Å²) >= 11 is 0. The normalized spacial score (nSPS) is 14.3. The Morgan fingerprint density at radius 1 is 1.00 bits per heavy atom. The molecule has 6 heteroatoms.